The number of aromatic nitrogens is 1. The first-order valence-corrected chi connectivity index (χ1v) is 9.20. The minimum atomic E-state index is -2.48. The Morgan fingerprint density at radius 3 is 2.46 bits per heavy atom. The summed E-state index contributed by atoms with van der Waals surface area (Å²) in [5.74, 6) is 0. The van der Waals surface area contributed by atoms with Gasteiger partial charge in [0.05, 0.1) is 5.69 Å². The van der Waals surface area contributed by atoms with Crippen LogP contribution in [-0.4, -0.2) is 18.9 Å². The van der Waals surface area contributed by atoms with Crippen LogP contribution in [-0.2, 0) is 11.3 Å². The molecule has 2 unspecified atom stereocenters. The molecule has 0 aliphatic heterocycles. The average molecular weight is 367 g/mol. The van der Waals surface area contributed by atoms with Crippen molar-refractivity contribution in [3.05, 3.63) is 83.2 Å². The molecule has 1 aromatic heterocycles. The number of aryl methyl sites for hydroxylation is 2. The van der Waals surface area contributed by atoms with Crippen LogP contribution in [0.1, 0.15) is 28.5 Å². The summed E-state index contributed by atoms with van der Waals surface area (Å²) in [5.41, 5.74) is 5.13. The Kier molecular flexibility index (Phi) is 5.46. The van der Waals surface area contributed by atoms with Gasteiger partial charge >= 0.3 is 0 Å². The van der Waals surface area contributed by atoms with E-state index >= 15 is 0 Å². The molecule has 6 heteroatoms. The Morgan fingerprint density at radius 2 is 1.77 bits per heavy atom. The normalized spacial score (nSPS) is 13.2. The van der Waals surface area contributed by atoms with Crippen molar-refractivity contribution >= 4 is 17.0 Å². The molecule has 2 N–H and O–H groups in total. The van der Waals surface area contributed by atoms with Gasteiger partial charge < -0.3 is 14.4 Å². The number of benzene rings is 2. The molecule has 3 aromatic rings. The van der Waals surface area contributed by atoms with E-state index in [0.29, 0.717) is 22.5 Å². The molecule has 0 saturated heterocycles. The van der Waals surface area contributed by atoms with Crippen LogP contribution in [0.2, 0.25) is 0 Å². The van der Waals surface area contributed by atoms with Gasteiger partial charge in [-0.3, -0.25) is 9.19 Å². The number of aliphatic hydroxyl groups excluding tert-OH is 1. The fourth-order valence-electron chi connectivity index (χ4n) is 2.98. The summed E-state index contributed by atoms with van der Waals surface area (Å²) in [6.07, 6.45) is 0.685. The summed E-state index contributed by atoms with van der Waals surface area (Å²) in [6, 6.07) is 16.7. The second kappa shape index (κ2) is 7.78. The van der Waals surface area contributed by atoms with Crippen molar-refractivity contribution in [2.24, 2.45) is 0 Å². The number of pyridine rings is 1. The van der Waals surface area contributed by atoms with Crippen molar-refractivity contribution in [2.75, 3.05) is 4.72 Å². The lowest BCUT2D eigenvalue weighted by Gasteiger charge is -2.21. The summed E-state index contributed by atoms with van der Waals surface area (Å²) >= 11 is -2.48. The van der Waals surface area contributed by atoms with E-state index in [1.54, 1.807) is 30.5 Å². The molecular weight excluding hydrogens is 348 g/mol. The highest BCUT2D eigenvalue weighted by Crippen LogP contribution is 2.36. The minimum Gasteiger partial charge on any atom is -0.755 e. The largest absolute Gasteiger partial charge is 0.755 e. The van der Waals surface area contributed by atoms with Gasteiger partial charge in [-0.15, -0.1) is 0 Å². The number of aliphatic hydroxyl groups is 1. The zero-order valence-electron chi connectivity index (χ0n) is 14.5. The molecule has 1 heterocycles. The van der Waals surface area contributed by atoms with Crippen molar-refractivity contribution in [1.82, 2.24) is 4.98 Å². The molecule has 2 atom stereocenters. The molecule has 0 amide bonds. The van der Waals surface area contributed by atoms with Gasteiger partial charge in [0.15, 0.2) is 0 Å². The standard InChI is InChI=1S/C20H20N2O3S/c1-13-7-9-15(10-8-13)16-11-12-21-14(2)19(16)20(23)17-5-3-4-6-18(17)22-26(24)25/h3-12,20,22-23H,1-2H3,(H,24,25)/p-1. The molecule has 0 bridgehead atoms. The maximum absolute atomic E-state index is 11.1. The van der Waals surface area contributed by atoms with Gasteiger partial charge in [-0.2, -0.15) is 0 Å². The predicted molar refractivity (Wildman–Crippen MR) is 102 cm³/mol. The van der Waals surface area contributed by atoms with E-state index in [4.69, 9.17) is 0 Å². The first-order valence-electron chi connectivity index (χ1n) is 8.13. The van der Waals surface area contributed by atoms with Crippen LogP contribution in [0.5, 0.6) is 0 Å². The van der Waals surface area contributed by atoms with Crippen molar-refractivity contribution in [2.45, 2.75) is 20.0 Å². The number of nitrogens with one attached hydrogen (secondary N) is 1. The van der Waals surface area contributed by atoms with Gasteiger partial charge in [-0.05, 0) is 37.1 Å². The zero-order valence-corrected chi connectivity index (χ0v) is 15.3. The van der Waals surface area contributed by atoms with E-state index in [0.717, 1.165) is 16.7 Å². The van der Waals surface area contributed by atoms with Crippen molar-refractivity contribution in [1.29, 1.82) is 0 Å². The number of rotatable bonds is 5. The fraction of sp³-hybridized carbons (Fsp3) is 0.150. The lowest BCUT2D eigenvalue weighted by atomic mass is 9.91. The van der Waals surface area contributed by atoms with E-state index in [1.165, 1.54) is 0 Å². The second-order valence-electron chi connectivity index (χ2n) is 6.05. The molecule has 2 aromatic carbocycles. The average Bonchev–Trinajstić information content (AvgIpc) is 2.61. The SMILES string of the molecule is Cc1ccc(-c2ccnc(C)c2C(O)c2ccccc2NS(=O)[O-])cc1. The number of anilines is 1. The first-order chi connectivity index (χ1) is 12.5. The van der Waals surface area contributed by atoms with E-state index in [-0.39, 0.29) is 0 Å². The Labute approximate surface area is 155 Å². The molecule has 3 rings (SSSR count). The number of nitrogens with zero attached hydrogens (tertiary/aromatic N) is 1. The van der Waals surface area contributed by atoms with Crippen LogP contribution in [0.15, 0.2) is 60.8 Å². The van der Waals surface area contributed by atoms with E-state index in [2.05, 4.69) is 9.71 Å². The third-order valence-corrected chi connectivity index (χ3v) is 4.66. The van der Waals surface area contributed by atoms with Crippen LogP contribution >= 0.6 is 0 Å². The summed E-state index contributed by atoms with van der Waals surface area (Å²) in [4.78, 5) is 4.32. The molecule has 0 saturated carbocycles. The maximum atomic E-state index is 11.1. The van der Waals surface area contributed by atoms with E-state index in [1.807, 2.05) is 44.2 Å². The number of hydrogen-bond acceptors (Lipinski definition) is 4. The summed E-state index contributed by atoms with van der Waals surface area (Å²) in [6.45, 7) is 3.85. The molecule has 5 nitrogen and oxygen atoms in total. The monoisotopic (exact) mass is 367 g/mol. The smallest absolute Gasteiger partial charge is 0.108 e. The molecular formula is C20H19N2O3S-. The van der Waals surface area contributed by atoms with Crippen LogP contribution in [0, 0.1) is 13.8 Å². The van der Waals surface area contributed by atoms with Crippen LogP contribution in [0.25, 0.3) is 11.1 Å². The van der Waals surface area contributed by atoms with Gasteiger partial charge in [0.25, 0.3) is 0 Å². The molecule has 0 spiro atoms. The van der Waals surface area contributed by atoms with Gasteiger partial charge in [-0.25, -0.2) is 0 Å². The molecule has 134 valence electrons. The Balaban J connectivity index is 2.13. The van der Waals surface area contributed by atoms with Gasteiger partial charge in [0.1, 0.15) is 6.10 Å². The van der Waals surface area contributed by atoms with Gasteiger partial charge in [0, 0.05) is 34.3 Å². The molecule has 0 aliphatic carbocycles. The molecule has 0 aliphatic rings. The number of hydrogen-bond donors (Lipinski definition) is 2. The van der Waals surface area contributed by atoms with Crippen molar-refractivity contribution < 1.29 is 13.9 Å². The number of para-hydroxylation sites is 1. The van der Waals surface area contributed by atoms with Crippen molar-refractivity contribution in [3.63, 3.8) is 0 Å². The van der Waals surface area contributed by atoms with Gasteiger partial charge in [-0.1, -0.05) is 48.0 Å². The van der Waals surface area contributed by atoms with Crippen LogP contribution < -0.4 is 4.72 Å². The highest BCUT2D eigenvalue weighted by Gasteiger charge is 2.21. The van der Waals surface area contributed by atoms with Crippen LogP contribution in [0.3, 0.4) is 0 Å². The van der Waals surface area contributed by atoms with E-state index < -0.39 is 17.4 Å². The molecule has 0 radical (unpaired) electrons. The lowest BCUT2D eigenvalue weighted by molar-refractivity contribution is 0.220. The molecule has 26 heavy (non-hydrogen) atoms. The second-order valence-corrected chi connectivity index (χ2v) is 6.72. The Hall–Kier alpha value is -2.54. The Morgan fingerprint density at radius 1 is 1.08 bits per heavy atom. The predicted octanol–water partition coefficient (Wildman–Crippen LogP) is 3.65. The van der Waals surface area contributed by atoms with Crippen molar-refractivity contribution in [3.8, 4) is 11.1 Å². The summed E-state index contributed by atoms with van der Waals surface area (Å²) < 4.78 is 24.5. The lowest BCUT2D eigenvalue weighted by Crippen LogP contribution is -2.11. The van der Waals surface area contributed by atoms with Gasteiger partial charge in [0.2, 0.25) is 0 Å². The first kappa shape index (κ1) is 18.3. The third-order valence-electron chi connectivity index (χ3n) is 4.27. The highest BCUT2D eigenvalue weighted by atomic mass is 32.2. The minimum absolute atomic E-state index is 0.339. The third kappa shape index (κ3) is 3.83. The van der Waals surface area contributed by atoms with E-state index in [9.17, 15) is 13.9 Å². The maximum Gasteiger partial charge on any atom is 0.108 e. The topological polar surface area (TPSA) is 85.3 Å². The molecule has 0 fully saturated rings. The zero-order chi connectivity index (χ0) is 18.7. The highest BCUT2D eigenvalue weighted by molar-refractivity contribution is 7.80. The quantitative estimate of drug-likeness (QED) is 0.674. The summed E-state index contributed by atoms with van der Waals surface area (Å²) in [7, 11) is 0. The Bertz CT molecular complexity index is 942. The van der Waals surface area contributed by atoms with Crippen LogP contribution in [0.4, 0.5) is 5.69 Å². The summed E-state index contributed by atoms with van der Waals surface area (Å²) in [5, 5.41) is 11.1. The fourth-order valence-corrected chi connectivity index (χ4v) is 3.35.